The number of piperidine rings is 1. The Labute approximate surface area is 173 Å². The van der Waals surface area contributed by atoms with Gasteiger partial charge >= 0.3 is 0 Å². The van der Waals surface area contributed by atoms with E-state index in [1.165, 1.54) is 0 Å². The first-order chi connectivity index (χ1) is 14.2. The Hall–Kier alpha value is -1.86. The van der Waals surface area contributed by atoms with Crippen LogP contribution in [0.25, 0.3) is 0 Å². The molecular weight excluding hydrogens is 366 g/mol. The Kier molecular flexibility index (Phi) is 5.97. The van der Waals surface area contributed by atoms with Crippen molar-refractivity contribution in [2.45, 2.75) is 56.5 Å². The largest absolute Gasteiger partial charge is 0.359 e. The van der Waals surface area contributed by atoms with E-state index in [0.717, 1.165) is 43.5 Å². The third-order valence-corrected chi connectivity index (χ3v) is 6.12. The summed E-state index contributed by atoms with van der Waals surface area (Å²) in [4.78, 5) is 8.48. The fourth-order valence-electron chi connectivity index (χ4n) is 5.04. The number of ether oxygens (including phenoxy) is 3. The predicted molar refractivity (Wildman–Crippen MR) is 110 cm³/mol. The lowest BCUT2D eigenvalue weighted by Gasteiger charge is -2.56. The van der Waals surface area contributed by atoms with Crippen molar-refractivity contribution in [1.29, 1.82) is 0 Å². The highest BCUT2D eigenvalue weighted by molar-refractivity contribution is 5.36. The second-order valence-corrected chi connectivity index (χ2v) is 7.96. The van der Waals surface area contributed by atoms with Gasteiger partial charge < -0.3 is 19.5 Å². The lowest BCUT2D eigenvalue weighted by atomic mass is 9.72. The average Bonchev–Trinajstić information content (AvgIpc) is 2.75. The molecule has 1 N–H and O–H groups in total. The molecule has 2 aromatic rings. The molecule has 0 aromatic carbocycles. The quantitative estimate of drug-likeness (QED) is 0.754. The molecule has 2 aliphatic heterocycles. The maximum atomic E-state index is 7.17. The van der Waals surface area contributed by atoms with Crippen LogP contribution in [0.3, 0.4) is 0 Å². The molecule has 2 saturated heterocycles. The highest BCUT2D eigenvalue weighted by atomic mass is 16.7. The van der Waals surface area contributed by atoms with Crippen LogP contribution in [0.4, 0.5) is 0 Å². The summed E-state index contributed by atoms with van der Waals surface area (Å²) in [6.07, 6.45) is 10.5. The van der Waals surface area contributed by atoms with Gasteiger partial charge in [0.25, 0.3) is 0 Å². The van der Waals surface area contributed by atoms with E-state index in [2.05, 4.69) is 15.3 Å². The first-order valence-corrected chi connectivity index (χ1v) is 10.7. The number of rotatable bonds is 6. The molecule has 0 saturated carbocycles. The van der Waals surface area contributed by atoms with Crippen molar-refractivity contribution in [3.05, 3.63) is 60.2 Å². The molecule has 2 aromatic heterocycles. The van der Waals surface area contributed by atoms with Gasteiger partial charge in [0.05, 0.1) is 5.60 Å². The Morgan fingerprint density at radius 1 is 0.862 bits per heavy atom. The van der Waals surface area contributed by atoms with Crippen molar-refractivity contribution in [1.82, 2.24) is 15.3 Å². The fourth-order valence-corrected chi connectivity index (χ4v) is 5.04. The molecule has 0 atom stereocenters. The molecule has 4 heterocycles. The lowest BCUT2D eigenvalue weighted by molar-refractivity contribution is -0.335. The fraction of sp³-hybridized carbons (Fsp3) is 0.565. The van der Waals surface area contributed by atoms with Crippen molar-refractivity contribution in [2.75, 3.05) is 26.3 Å². The van der Waals surface area contributed by atoms with Gasteiger partial charge in [-0.1, -0.05) is 0 Å². The molecule has 1 spiro atoms. The average molecular weight is 398 g/mol. The maximum Gasteiger partial charge on any atom is 0.174 e. The molecule has 0 bridgehead atoms. The minimum atomic E-state index is -0.703. The molecule has 0 radical (unpaired) electrons. The Morgan fingerprint density at radius 3 is 1.86 bits per heavy atom. The number of hydrogen-bond acceptors (Lipinski definition) is 6. The molecule has 0 amide bonds. The van der Waals surface area contributed by atoms with E-state index in [1.807, 2.05) is 62.9 Å². The van der Waals surface area contributed by atoms with E-state index in [-0.39, 0.29) is 5.60 Å². The molecule has 156 valence electrons. The van der Waals surface area contributed by atoms with Gasteiger partial charge in [0.2, 0.25) is 0 Å². The number of pyridine rings is 2. The number of nitrogens with one attached hydrogen (secondary N) is 1. The second-order valence-electron chi connectivity index (χ2n) is 7.96. The van der Waals surface area contributed by atoms with Crippen LogP contribution >= 0.6 is 0 Å². The van der Waals surface area contributed by atoms with Gasteiger partial charge in [-0.15, -0.1) is 0 Å². The van der Waals surface area contributed by atoms with E-state index in [9.17, 15) is 0 Å². The summed E-state index contributed by atoms with van der Waals surface area (Å²) >= 11 is 0. The summed E-state index contributed by atoms with van der Waals surface area (Å²) in [5, 5.41) is 3.47. The van der Waals surface area contributed by atoms with Crippen LogP contribution in [-0.4, -0.2) is 47.7 Å². The van der Waals surface area contributed by atoms with Gasteiger partial charge in [-0.3, -0.25) is 9.97 Å². The molecule has 0 aliphatic carbocycles. The van der Waals surface area contributed by atoms with Crippen molar-refractivity contribution in [3.8, 4) is 0 Å². The molecule has 2 aliphatic rings. The van der Waals surface area contributed by atoms with Gasteiger partial charge in [0.1, 0.15) is 5.60 Å². The number of nitrogens with zero attached hydrogens (tertiary/aromatic N) is 2. The highest BCUT2D eigenvalue weighted by Gasteiger charge is 2.58. The van der Waals surface area contributed by atoms with E-state index in [1.54, 1.807) is 0 Å². The second kappa shape index (κ2) is 8.48. The van der Waals surface area contributed by atoms with Gasteiger partial charge in [0, 0.05) is 50.8 Å². The normalized spacial score (nSPS) is 22.4. The van der Waals surface area contributed by atoms with Crippen LogP contribution in [0.5, 0.6) is 0 Å². The van der Waals surface area contributed by atoms with Crippen molar-refractivity contribution >= 4 is 0 Å². The minimum Gasteiger partial charge on any atom is -0.359 e. The van der Waals surface area contributed by atoms with E-state index >= 15 is 0 Å². The summed E-state index contributed by atoms with van der Waals surface area (Å²) in [6, 6.07) is 8.18. The Balaban J connectivity index is 1.90. The van der Waals surface area contributed by atoms with Gasteiger partial charge in [-0.2, -0.15) is 0 Å². The van der Waals surface area contributed by atoms with E-state index < -0.39 is 11.4 Å². The molecular formula is C23H31N3O3. The monoisotopic (exact) mass is 397 g/mol. The molecule has 2 fully saturated rings. The number of aromatic nitrogens is 2. The smallest absolute Gasteiger partial charge is 0.174 e. The van der Waals surface area contributed by atoms with Crippen LogP contribution in [0.1, 0.15) is 50.7 Å². The molecule has 29 heavy (non-hydrogen) atoms. The lowest BCUT2D eigenvalue weighted by Crippen LogP contribution is -2.62. The zero-order chi connectivity index (χ0) is 20.2. The zero-order valence-corrected chi connectivity index (χ0v) is 17.4. The van der Waals surface area contributed by atoms with Crippen molar-refractivity contribution < 1.29 is 14.2 Å². The minimum absolute atomic E-state index is 0.319. The molecule has 6 nitrogen and oxygen atoms in total. The van der Waals surface area contributed by atoms with Crippen LogP contribution in [0.2, 0.25) is 0 Å². The van der Waals surface area contributed by atoms with Crippen molar-refractivity contribution in [2.24, 2.45) is 0 Å². The number of hydrogen-bond donors (Lipinski definition) is 1. The maximum absolute atomic E-state index is 7.17. The van der Waals surface area contributed by atoms with E-state index in [0.29, 0.717) is 19.6 Å². The summed E-state index contributed by atoms with van der Waals surface area (Å²) in [5.41, 5.74) is 1.13. The first kappa shape index (κ1) is 20.4. The summed E-state index contributed by atoms with van der Waals surface area (Å²) in [7, 11) is 0. The summed E-state index contributed by atoms with van der Waals surface area (Å²) < 4.78 is 19.9. The van der Waals surface area contributed by atoms with Crippen LogP contribution in [0.15, 0.2) is 49.1 Å². The standard InChI is InChI=1S/C23H31N3O3/c1-3-27-22(28-4-2)17-21(9-15-26-16-10-21)29-23(18-22,19-5-11-24-12-6-19)20-7-13-25-14-8-20/h5-8,11-14,26H,3-4,9-10,15-18H2,1-2H3. The third kappa shape index (κ3) is 3.94. The zero-order valence-electron chi connectivity index (χ0n) is 17.4. The SMILES string of the molecule is CCOC1(OCC)CC2(CCNCC2)OC(c2ccncc2)(c2ccncc2)C1. The molecule has 6 heteroatoms. The molecule has 0 unspecified atom stereocenters. The summed E-state index contributed by atoms with van der Waals surface area (Å²) in [6.45, 7) is 7.11. The van der Waals surface area contributed by atoms with E-state index in [4.69, 9.17) is 14.2 Å². The summed E-state index contributed by atoms with van der Waals surface area (Å²) in [5.74, 6) is -0.703. The topological polar surface area (TPSA) is 65.5 Å². The van der Waals surface area contributed by atoms with Crippen molar-refractivity contribution in [3.63, 3.8) is 0 Å². The first-order valence-electron chi connectivity index (χ1n) is 10.7. The van der Waals surface area contributed by atoms with Gasteiger partial charge in [-0.25, -0.2) is 0 Å². The Bertz CT molecular complexity index is 733. The highest BCUT2D eigenvalue weighted by Crippen LogP contribution is 2.54. The van der Waals surface area contributed by atoms with Crippen LogP contribution in [-0.2, 0) is 19.8 Å². The van der Waals surface area contributed by atoms with Crippen LogP contribution in [0, 0.1) is 0 Å². The predicted octanol–water partition coefficient (Wildman–Crippen LogP) is 3.42. The van der Waals surface area contributed by atoms with Gasteiger partial charge in [0.15, 0.2) is 5.79 Å². The Morgan fingerprint density at radius 2 is 1.38 bits per heavy atom. The third-order valence-electron chi connectivity index (χ3n) is 6.12. The van der Waals surface area contributed by atoms with Gasteiger partial charge in [-0.05, 0) is 75.2 Å². The molecule has 4 rings (SSSR count). The van der Waals surface area contributed by atoms with Crippen LogP contribution < -0.4 is 5.32 Å².